The Kier molecular flexibility index (Phi) is 21.6. The number of aliphatic hydroxyl groups excluding tert-OH is 2. The summed E-state index contributed by atoms with van der Waals surface area (Å²) in [5.41, 5.74) is 0. The molecule has 0 aromatic rings. The molecule has 0 heterocycles. The van der Waals surface area contributed by atoms with E-state index in [0.717, 1.165) is 0 Å². The van der Waals surface area contributed by atoms with E-state index in [-0.39, 0.29) is 19.5 Å². The zero-order valence-corrected chi connectivity index (χ0v) is 10.1. The molecule has 0 rings (SSSR count). The van der Waals surface area contributed by atoms with Gasteiger partial charge in [0.2, 0.25) is 0 Å². The monoisotopic (exact) mass is 256 g/mol. The average molecular weight is 258 g/mol. The summed E-state index contributed by atoms with van der Waals surface area (Å²) in [5.74, 6) is -1.33. The van der Waals surface area contributed by atoms with Gasteiger partial charge in [0.25, 0.3) is 0 Å². The molecule has 0 amide bonds. The Morgan fingerprint density at radius 1 is 0.909 bits per heavy atom. The molecule has 0 aliphatic carbocycles. The van der Waals surface area contributed by atoms with Gasteiger partial charge in [0.15, 0.2) is 22.2 Å². The fourth-order valence-corrected chi connectivity index (χ4v) is 0. The molecule has 0 aliphatic rings. The molecule has 0 saturated carbocycles. The van der Waals surface area contributed by atoms with Gasteiger partial charge in [-0.05, 0) is 0 Å². The van der Waals surface area contributed by atoms with Gasteiger partial charge in [0.1, 0.15) is 11.9 Å². The standard InChI is InChI=1S/2CH4O3S.Zn/c2*2-1-5(3)4;/h2*2H,1H2,(H,3,4);. The van der Waals surface area contributed by atoms with Crippen molar-refractivity contribution in [1.82, 2.24) is 0 Å². The molecule has 0 bridgehead atoms. The van der Waals surface area contributed by atoms with Crippen LogP contribution in [0, 0.1) is 0 Å². The first-order valence-electron chi connectivity index (χ1n) is 1.91. The van der Waals surface area contributed by atoms with E-state index in [1.807, 2.05) is 0 Å². The molecule has 66 valence electrons. The third-order valence-corrected chi connectivity index (χ3v) is 0.663. The van der Waals surface area contributed by atoms with Crippen LogP contribution in [0.5, 0.6) is 0 Å². The first kappa shape index (κ1) is 17.7. The molecular formula is C2H8O6S2Zn. The summed E-state index contributed by atoms with van der Waals surface area (Å²) in [6.45, 7) is 0. The fourth-order valence-electron chi connectivity index (χ4n) is 0. The number of aliphatic hydroxyl groups is 2. The van der Waals surface area contributed by atoms with Crippen molar-refractivity contribution in [3.05, 3.63) is 0 Å². The predicted octanol–water partition coefficient (Wildman–Crippen LogP) is -1.69. The molecule has 11 heavy (non-hydrogen) atoms. The van der Waals surface area contributed by atoms with Crippen LogP contribution in [0.1, 0.15) is 0 Å². The van der Waals surface area contributed by atoms with Crippen molar-refractivity contribution < 1.29 is 47.2 Å². The van der Waals surface area contributed by atoms with Gasteiger partial charge in [-0.3, -0.25) is 0 Å². The van der Waals surface area contributed by atoms with Crippen LogP contribution >= 0.6 is 0 Å². The van der Waals surface area contributed by atoms with Gasteiger partial charge >= 0.3 is 0 Å². The maximum Gasteiger partial charge on any atom is 0.179 e. The van der Waals surface area contributed by atoms with E-state index < -0.39 is 34.0 Å². The molecule has 0 spiro atoms. The summed E-state index contributed by atoms with van der Waals surface area (Å²) in [6.07, 6.45) is 0. The van der Waals surface area contributed by atoms with Gasteiger partial charge < -0.3 is 19.3 Å². The summed E-state index contributed by atoms with van der Waals surface area (Å²) in [5, 5.41) is 15.2. The quantitative estimate of drug-likeness (QED) is 0.347. The van der Waals surface area contributed by atoms with E-state index in [1.54, 1.807) is 0 Å². The van der Waals surface area contributed by atoms with Crippen molar-refractivity contribution in [2.24, 2.45) is 0 Å². The Balaban J connectivity index is -0.000000107. The van der Waals surface area contributed by atoms with Crippen LogP contribution in [0.4, 0.5) is 0 Å². The predicted molar refractivity (Wildman–Crippen MR) is 35.7 cm³/mol. The van der Waals surface area contributed by atoms with Gasteiger partial charge in [-0.2, -0.15) is 0 Å². The van der Waals surface area contributed by atoms with Gasteiger partial charge in [-0.1, -0.05) is 0 Å². The Morgan fingerprint density at radius 3 is 1.00 bits per heavy atom. The Labute approximate surface area is 81.3 Å². The summed E-state index contributed by atoms with van der Waals surface area (Å²) in [7, 11) is 0. The van der Waals surface area contributed by atoms with E-state index in [4.69, 9.17) is 19.3 Å². The van der Waals surface area contributed by atoms with Crippen molar-refractivity contribution in [3.8, 4) is 0 Å². The molecule has 0 saturated heterocycles. The van der Waals surface area contributed by atoms with Crippen LogP contribution < -0.4 is 0 Å². The second-order valence-electron chi connectivity index (χ2n) is 0.901. The van der Waals surface area contributed by atoms with E-state index in [2.05, 4.69) is 0 Å². The molecule has 4 N–H and O–H groups in total. The van der Waals surface area contributed by atoms with E-state index in [0.29, 0.717) is 0 Å². The van der Waals surface area contributed by atoms with Crippen molar-refractivity contribution >= 4 is 22.2 Å². The van der Waals surface area contributed by atoms with E-state index in [9.17, 15) is 8.42 Å². The Hall–Kier alpha value is 0.763. The third kappa shape index (κ3) is 36.4. The SMILES string of the molecule is O=S(O)CO.O=S(O)CO.[Zn]. The largest absolute Gasteiger partial charge is 0.381 e. The average Bonchev–Trinajstić information content (AvgIpc) is 1.89. The third-order valence-electron chi connectivity index (χ3n) is 0.221. The van der Waals surface area contributed by atoms with Crippen LogP contribution in [-0.2, 0) is 41.6 Å². The molecular weight excluding hydrogens is 250 g/mol. The number of hydrogen-bond donors (Lipinski definition) is 4. The van der Waals surface area contributed by atoms with Gasteiger partial charge in [0.05, 0.1) is 0 Å². The first-order valence-corrected chi connectivity index (χ1v) is 4.46. The Bertz CT molecular complexity index is 103. The van der Waals surface area contributed by atoms with E-state index in [1.165, 1.54) is 0 Å². The smallest absolute Gasteiger partial charge is 0.179 e. The molecule has 2 unspecified atom stereocenters. The summed E-state index contributed by atoms with van der Waals surface area (Å²) < 4.78 is 33.6. The number of hydrogen-bond acceptors (Lipinski definition) is 4. The van der Waals surface area contributed by atoms with Crippen molar-refractivity contribution in [2.75, 3.05) is 11.9 Å². The maximum absolute atomic E-state index is 9.23. The van der Waals surface area contributed by atoms with Crippen molar-refractivity contribution in [3.63, 3.8) is 0 Å². The fraction of sp³-hybridized carbons (Fsp3) is 1.00. The summed E-state index contributed by atoms with van der Waals surface area (Å²) in [4.78, 5) is 0. The number of rotatable bonds is 2. The Morgan fingerprint density at radius 2 is 1.00 bits per heavy atom. The van der Waals surface area contributed by atoms with Crippen LogP contribution in [0.15, 0.2) is 0 Å². The molecule has 2 atom stereocenters. The second-order valence-corrected chi connectivity index (χ2v) is 2.70. The van der Waals surface area contributed by atoms with Gasteiger partial charge in [0, 0.05) is 19.5 Å². The van der Waals surface area contributed by atoms with Crippen molar-refractivity contribution in [1.29, 1.82) is 0 Å². The van der Waals surface area contributed by atoms with Crippen LogP contribution in [-0.4, -0.2) is 39.6 Å². The molecule has 6 nitrogen and oxygen atoms in total. The van der Waals surface area contributed by atoms with E-state index >= 15 is 0 Å². The summed E-state index contributed by atoms with van der Waals surface area (Å²) >= 11 is -4.03. The minimum atomic E-state index is -2.02. The normalized spacial score (nSPS) is 13.5. The molecule has 0 aromatic carbocycles. The maximum atomic E-state index is 9.23. The van der Waals surface area contributed by atoms with Crippen molar-refractivity contribution in [2.45, 2.75) is 0 Å². The minimum absolute atomic E-state index is 0. The molecule has 9 heteroatoms. The zero-order chi connectivity index (χ0) is 8.57. The van der Waals surface area contributed by atoms with Crippen LogP contribution in [0.2, 0.25) is 0 Å². The van der Waals surface area contributed by atoms with Gasteiger partial charge in [-0.15, -0.1) is 0 Å². The van der Waals surface area contributed by atoms with Crippen LogP contribution in [0.25, 0.3) is 0 Å². The van der Waals surface area contributed by atoms with Gasteiger partial charge in [-0.25, -0.2) is 8.42 Å². The molecule has 0 radical (unpaired) electrons. The molecule has 0 fully saturated rings. The molecule has 0 aromatic heterocycles. The minimum Gasteiger partial charge on any atom is -0.381 e. The van der Waals surface area contributed by atoms with Crippen LogP contribution in [0.3, 0.4) is 0 Å². The topological polar surface area (TPSA) is 115 Å². The zero-order valence-electron chi connectivity index (χ0n) is 5.54. The second kappa shape index (κ2) is 13.4. The first-order chi connectivity index (χ1) is 4.54. The summed E-state index contributed by atoms with van der Waals surface area (Å²) in [6, 6.07) is 0. The molecule has 0 aliphatic heterocycles.